The van der Waals surface area contributed by atoms with Crippen LogP contribution in [0.3, 0.4) is 0 Å². The molecule has 4 heteroatoms. The topological polar surface area (TPSA) is 38.8 Å². The number of unbranched alkanes of at least 4 members (excludes halogenated alkanes) is 1. The molecule has 86 valence electrons. The fourth-order valence-corrected chi connectivity index (χ4v) is 1.33. The van der Waals surface area contributed by atoms with E-state index in [1.165, 1.54) is 0 Å². The molecular weight excluding hydrogens is 194 g/mol. The highest BCUT2D eigenvalue weighted by Gasteiger charge is 2.14. The third-order valence-electron chi connectivity index (χ3n) is 2.19. The SMILES string of the molecule is CCOCCCCOC(=O)N1CC=CC1. The second kappa shape index (κ2) is 7.29. The van der Waals surface area contributed by atoms with Crippen molar-refractivity contribution in [1.29, 1.82) is 0 Å². The minimum atomic E-state index is -0.212. The lowest BCUT2D eigenvalue weighted by Gasteiger charge is -2.14. The molecule has 4 nitrogen and oxygen atoms in total. The average molecular weight is 213 g/mol. The molecule has 0 N–H and O–H groups in total. The van der Waals surface area contributed by atoms with E-state index in [0.717, 1.165) is 26.1 Å². The molecule has 0 aromatic carbocycles. The van der Waals surface area contributed by atoms with Crippen LogP contribution in [0.25, 0.3) is 0 Å². The van der Waals surface area contributed by atoms with Crippen LogP contribution in [0.2, 0.25) is 0 Å². The largest absolute Gasteiger partial charge is 0.449 e. The van der Waals surface area contributed by atoms with Gasteiger partial charge in [0.15, 0.2) is 0 Å². The number of carbonyl (C=O) groups is 1. The van der Waals surface area contributed by atoms with Crippen molar-refractivity contribution < 1.29 is 14.3 Å². The molecule has 1 rings (SSSR count). The van der Waals surface area contributed by atoms with Crippen molar-refractivity contribution in [3.05, 3.63) is 12.2 Å². The summed E-state index contributed by atoms with van der Waals surface area (Å²) in [5.41, 5.74) is 0. The summed E-state index contributed by atoms with van der Waals surface area (Å²) < 4.78 is 10.3. The van der Waals surface area contributed by atoms with Gasteiger partial charge in [0.25, 0.3) is 0 Å². The Bertz CT molecular complexity index is 208. The standard InChI is InChI=1S/C11H19NO3/c1-2-14-9-5-6-10-15-11(13)12-7-3-4-8-12/h3-4H,2,5-10H2,1H3. The van der Waals surface area contributed by atoms with Crippen molar-refractivity contribution in [1.82, 2.24) is 4.90 Å². The summed E-state index contributed by atoms with van der Waals surface area (Å²) in [4.78, 5) is 13.0. The van der Waals surface area contributed by atoms with E-state index in [4.69, 9.17) is 9.47 Å². The molecule has 1 aliphatic heterocycles. The Morgan fingerprint density at radius 1 is 1.27 bits per heavy atom. The van der Waals surface area contributed by atoms with Crippen molar-refractivity contribution in [3.8, 4) is 0 Å². The zero-order chi connectivity index (χ0) is 10.9. The number of ether oxygens (including phenoxy) is 2. The molecule has 15 heavy (non-hydrogen) atoms. The Morgan fingerprint density at radius 3 is 2.60 bits per heavy atom. The van der Waals surface area contributed by atoms with Gasteiger partial charge >= 0.3 is 6.09 Å². The maximum atomic E-state index is 11.4. The molecule has 1 amide bonds. The number of hydrogen-bond acceptors (Lipinski definition) is 3. The van der Waals surface area contributed by atoms with Gasteiger partial charge in [-0.1, -0.05) is 12.2 Å². The van der Waals surface area contributed by atoms with E-state index < -0.39 is 0 Å². The molecule has 0 radical (unpaired) electrons. The summed E-state index contributed by atoms with van der Waals surface area (Å²) in [7, 11) is 0. The third-order valence-corrected chi connectivity index (χ3v) is 2.19. The van der Waals surface area contributed by atoms with Crippen LogP contribution in [0, 0.1) is 0 Å². The van der Waals surface area contributed by atoms with Crippen LogP contribution in [0.15, 0.2) is 12.2 Å². The summed E-state index contributed by atoms with van der Waals surface area (Å²) in [6.07, 6.45) is 5.54. The van der Waals surface area contributed by atoms with Crippen LogP contribution in [0.4, 0.5) is 4.79 Å². The summed E-state index contributed by atoms with van der Waals surface area (Å²) in [5, 5.41) is 0. The summed E-state index contributed by atoms with van der Waals surface area (Å²) in [6.45, 7) is 5.32. The van der Waals surface area contributed by atoms with Gasteiger partial charge in [-0.05, 0) is 19.8 Å². The lowest BCUT2D eigenvalue weighted by atomic mass is 10.3. The van der Waals surface area contributed by atoms with E-state index in [0.29, 0.717) is 19.7 Å². The van der Waals surface area contributed by atoms with Crippen molar-refractivity contribution in [2.75, 3.05) is 32.9 Å². The Kier molecular flexibility index (Phi) is 5.85. The van der Waals surface area contributed by atoms with Crippen LogP contribution in [0.1, 0.15) is 19.8 Å². The quantitative estimate of drug-likeness (QED) is 0.499. The van der Waals surface area contributed by atoms with Gasteiger partial charge in [-0.25, -0.2) is 4.79 Å². The maximum Gasteiger partial charge on any atom is 0.410 e. The molecule has 0 fully saturated rings. The molecule has 0 spiro atoms. The molecule has 0 unspecified atom stereocenters. The first-order valence-electron chi connectivity index (χ1n) is 5.49. The second-order valence-corrected chi connectivity index (χ2v) is 3.39. The molecule has 0 atom stereocenters. The first kappa shape index (κ1) is 12.0. The molecule has 0 saturated heterocycles. The van der Waals surface area contributed by atoms with Gasteiger partial charge in [-0.2, -0.15) is 0 Å². The predicted octanol–water partition coefficient (Wildman–Crippen LogP) is 1.81. The molecule has 0 saturated carbocycles. The van der Waals surface area contributed by atoms with Gasteiger partial charge in [0.2, 0.25) is 0 Å². The summed E-state index contributed by atoms with van der Waals surface area (Å²) in [5.74, 6) is 0. The zero-order valence-electron chi connectivity index (χ0n) is 9.28. The van der Waals surface area contributed by atoms with E-state index >= 15 is 0 Å². The van der Waals surface area contributed by atoms with Gasteiger partial charge in [-0.3, -0.25) is 0 Å². The number of carbonyl (C=O) groups excluding carboxylic acids is 1. The van der Waals surface area contributed by atoms with E-state index in [1.807, 2.05) is 19.1 Å². The zero-order valence-corrected chi connectivity index (χ0v) is 9.28. The molecule has 1 heterocycles. The van der Waals surface area contributed by atoms with Gasteiger partial charge in [0, 0.05) is 26.3 Å². The molecular formula is C11H19NO3. The lowest BCUT2D eigenvalue weighted by Crippen LogP contribution is -2.29. The first-order valence-corrected chi connectivity index (χ1v) is 5.49. The highest BCUT2D eigenvalue weighted by atomic mass is 16.6. The van der Waals surface area contributed by atoms with E-state index in [-0.39, 0.29) is 6.09 Å². The molecule has 0 aliphatic carbocycles. The van der Waals surface area contributed by atoms with Crippen LogP contribution >= 0.6 is 0 Å². The van der Waals surface area contributed by atoms with Crippen LogP contribution in [0.5, 0.6) is 0 Å². The summed E-state index contributed by atoms with van der Waals surface area (Å²) >= 11 is 0. The number of hydrogen-bond donors (Lipinski definition) is 0. The van der Waals surface area contributed by atoms with Gasteiger partial charge in [0.05, 0.1) is 6.61 Å². The Balaban J connectivity index is 1.93. The monoisotopic (exact) mass is 213 g/mol. The highest BCUT2D eigenvalue weighted by Crippen LogP contribution is 2.02. The first-order chi connectivity index (χ1) is 7.34. The second-order valence-electron chi connectivity index (χ2n) is 3.39. The lowest BCUT2D eigenvalue weighted by molar-refractivity contribution is 0.102. The fourth-order valence-electron chi connectivity index (χ4n) is 1.33. The van der Waals surface area contributed by atoms with Crippen molar-refractivity contribution in [3.63, 3.8) is 0 Å². The third kappa shape index (κ3) is 4.83. The Morgan fingerprint density at radius 2 is 1.93 bits per heavy atom. The van der Waals surface area contributed by atoms with Crippen LogP contribution in [-0.2, 0) is 9.47 Å². The number of amides is 1. The molecule has 1 aliphatic rings. The molecule has 0 aromatic rings. The smallest absolute Gasteiger partial charge is 0.410 e. The van der Waals surface area contributed by atoms with Gasteiger partial charge in [-0.15, -0.1) is 0 Å². The van der Waals surface area contributed by atoms with Gasteiger partial charge in [0.1, 0.15) is 0 Å². The maximum absolute atomic E-state index is 11.4. The fraction of sp³-hybridized carbons (Fsp3) is 0.727. The van der Waals surface area contributed by atoms with Crippen molar-refractivity contribution in [2.24, 2.45) is 0 Å². The van der Waals surface area contributed by atoms with Crippen LogP contribution in [-0.4, -0.2) is 43.9 Å². The van der Waals surface area contributed by atoms with E-state index in [1.54, 1.807) is 4.90 Å². The summed E-state index contributed by atoms with van der Waals surface area (Å²) in [6, 6.07) is 0. The Hall–Kier alpha value is -1.03. The minimum Gasteiger partial charge on any atom is -0.449 e. The molecule has 0 bridgehead atoms. The van der Waals surface area contributed by atoms with E-state index in [2.05, 4.69) is 0 Å². The Labute approximate surface area is 90.8 Å². The van der Waals surface area contributed by atoms with Crippen LogP contribution < -0.4 is 0 Å². The predicted molar refractivity (Wildman–Crippen MR) is 57.8 cm³/mol. The van der Waals surface area contributed by atoms with Crippen molar-refractivity contribution in [2.45, 2.75) is 19.8 Å². The van der Waals surface area contributed by atoms with Gasteiger partial charge < -0.3 is 14.4 Å². The van der Waals surface area contributed by atoms with Crippen molar-refractivity contribution >= 4 is 6.09 Å². The number of nitrogens with zero attached hydrogens (tertiary/aromatic N) is 1. The highest BCUT2D eigenvalue weighted by molar-refractivity contribution is 5.68. The normalized spacial score (nSPS) is 14.6. The minimum absolute atomic E-state index is 0.212. The van der Waals surface area contributed by atoms with E-state index in [9.17, 15) is 4.79 Å². The molecule has 0 aromatic heterocycles. The number of rotatable bonds is 6. The average Bonchev–Trinajstić information content (AvgIpc) is 2.76.